The highest BCUT2D eigenvalue weighted by Gasteiger charge is 2.37. The Morgan fingerprint density at radius 2 is 1.94 bits per heavy atom. The smallest absolute Gasteiger partial charge is 0.237 e. The summed E-state index contributed by atoms with van der Waals surface area (Å²) in [6, 6.07) is 1.06. The third-order valence-corrected chi connectivity index (χ3v) is 4.60. The van der Waals surface area contributed by atoms with Crippen molar-refractivity contribution in [3.05, 3.63) is 0 Å². The van der Waals surface area contributed by atoms with Crippen LogP contribution in [0.3, 0.4) is 0 Å². The summed E-state index contributed by atoms with van der Waals surface area (Å²) in [5.74, 6) is 0.395. The van der Waals surface area contributed by atoms with Crippen molar-refractivity contribution in [1.82, 2.24) is 10.6 Å². The maximum Gasteiger partial charge on any atom is 0.237 e. The van der Waals surface area contributed by atoms with Crippen LogP contribution in [0, 0.1) is 5.92 Å². The van der Waals surface area contributed by atoms with Crippen LogP contribution in [0.5, 0.6) is 0 Å². The Bertz CT molecular complexity index is 297. The van der Waals surface area contributed by atoms with E-state index in [1.807, 2.05) is 13.8 Å². The molecule has 104 valence electrons. The highest BCUT2D eigenvalue weighted by atomic mass is 16.1. The van der Waals surface area contributed by atoms with Crippen molar-refractivity contribution in [3.8, 4) is 0 Å². The molecule has 2 fully saturated rings. The third kappa shape index (κ3) is 3.04. The van der Waals surface area contributed by atoms with Gasteiger partial charge in [-0.1, -0.05) is 12.8 Å². The number of amides is 1. The van der Waals surface area contributed by atoms with E-state index < -0.39 is 5.54 Å². The van der Waals surface area contributed by atoms with Crippen LogP contribution in [0.15, 0.2) is 0 Å². The van der Waals surface area contributed by atoms with E-state index in [9.17, 15) is 4.79 Å². The Kier molecular flexibility index (Phi) is 4.28. The van der Waals surface area contributed by atoms with E-state index in [0.717, 1.165) is 6.54 Å². The summed E-state index contributed by atoms with van der Waals surface area (Å²) in [7, 11) is 0. The lowest BCUT2D eigenvalue weighted by Gasteiger charge is -2.40. The summed E-state index contributed by atoms with van der Waals surface area (Å²) in [6.07, 6.45) is 7.57. The number of nitrogens with one attached hydrogen (secondary N) is 2. The number of hydrogen-bond acceptors (Lipinski definition) is 3. The van der Waals surface area contributed by atoms with Gasteiger partial charge in [0, 0.05) is 12.1 Å². The lowest BCUT2D eigenvalue weighted by Crippen LogP contribution is -2.59. The molecule has 1 amide bonds. The zero-order chi connectivity index (χ0) is 13.2. The van der Waals surface area contributed by atoms with Gasteiger partial charge in [0.05, 0.1) is 5.54 Å². The van der Waals surface area contributed by atoms with Gasteiger partial charge in [-0.05, 0) is 52.0 Å². The van der Waals surface area contributed by atoms with E-state index >= 15 is 0 Å². The number of nitrogens with two attached hydrogens (primary N) is 1. The number of hydrogen-bond donors (Lipinski definition) is 3. The standard InChI is InChI=1S/C14H27N3O/c1-14(2,13(15)18)17-12-7-4-3-6-10(12)11-8-5-9-16-11/h10-12,16-17H,3-9H2,1-2H3,(H2,15,18). The minimum atomic E-state index is -0.598. The fourth-order valence-corrected chi connectivity index (χ4v) is 3.43. The Hall–Kier alpha value is -0.610. The minimum absolute atomic E-state index is 0.258. The summed E-state index contributed by atoms with van der Waals surface area (Å²) in [4.78, 5) is 11.5. The first-order valence-corrected chi connectivity index (χ1v) is 7.32. The highest BCUT2D eigenvalue weighted by Crippen LogP contribution is 2.31. The average Bonchev–Trinajstić information content (AvgIpc) is 2.82. The van der Waals surface area contributed by atoms with Gasteiger partial charge >= 0.3 is 0 Å². The molecule has 3 atom stereocenters. The largest absolute Gasteiger partial charge is 0.368 e. The Labute approximate surface area is 110 Å². The van der Waals surface area contributed by atoms with Crippen LogP contribution in [0.1, 0.15) is 52.4 Å². The van der Waals surface area contributed by atoms with Crippen LogP contribution in [-0.2, 0) is 4.79 Å². The molecule has 1 saturated heterocycles. The van der Waals surface area contributed by atoms with Gasteiger partial charge in [-0.3, -0.25) is 4.79 Å². The van der Waals surface area contributed by atoms with Gasteiger partial charge in [0.15, 0.2) is 0 Å². The second-order valence-corrected chi connectivity index (χ2v) is 6.39. The normalized spacial score (nSPS) is 33.6. The second kappa shape index (κ2) is 5.57. The molecular weight excluding hydrogens is 226 g/mol. The van der Waals surface area contributed by atoms with Gasteiger partial charge in [0.2, 0.25) is 5.91 Å². The minimum Gasteiger partial charge on any atom is -0.368 e. The van der Waals surface area contributed by atoms with Crippen molar-refractivity contribution in [2.45, 2.75) is 70.0 Å². The molecule has 0 radical (unpaired) electrons. The van der Waals surface area contributed by atoms with Gasteiger partial charge in [0.25, 0.3) is 0 Å². The number of rotatable bonds is 4. The fraction of sp³-hybridized carbons (Fsp3) is 0.929. The third-order valence-electron chi connectivity index (χ3n) is 4.60. The van der Waals surface area contributed by atoms with Crippen molar-refractivity contribution in [2.75, 3.05) is 6.54 Å². The molecule has 0 aromatic rings. The average molecular weight is 253 g/mol. The van der Waals surface area contributed by atoms with Crippen LogP contribution in [0.4, 0.5) is 0 Å². The molecule has 1 aliphatic heterocycles. The molecule has 0 spiro atoms. The van der Waals surface area contributed by atoms with E-state index in [-0.39, 0.29) is 5.91 Å². The highest BCUT2D eigenvalue weighted by molar-refractivity contribution is 5.83. The molecule has 1 heterocycles. The maximum absolute atomic E-state index is 11.5. The molecule has 18 heavy (non-hydrogen) atoms. The first kappa shape index (κ1) is 13.8. The maximum atomic E-state index is 11.5. The SMILES string of the molecule is CC(C)(NC1CCCCC1C1CCCN1)C(N)=O. The number of carbonyl (C=O) groups is 1. The Balaban J connectivity index is 2.01. The van der Waals surface area contributed by atoms with E-state index in [4.69, 9.17) is 5.73 Å². The Morgan fingerprint density at radius 1 is 1.22 bits per heavy atom. The number of carbonyl (C=O) groups excluding carboxylic acids is 1. The van der Waals surface area contributed by atoms with Gasteiger partial charge in [-0.15, -0.1) is 0 Å². The molecule has 2 rings (SSSR count). The lowest BCUT2D eigenvalue weighted by molar-refractivity contribution is -0.123. The predicted octanol–water partition coefficient (Wildman–Crippen LogP) is 1.15. The molecule has 4 N–H and O–H groups in total. The molecule has 4 heteroatoms. The molecule has 1 saturated carbocycles. The monoisotopic (exact) mass is 253 g/mol. The van der Waals surface area contributed by atoms with Crippen molar-refractivity contribution in [1.29, 1.82) is 0 Å². The van der Waals surface area contributed by atoms with Gasteiger partial charge in [0.1, 0.15) is 0 Å². The summed E-state index contributed by atoms with van der Waals surface area (Å²) in [5.41, 5.74) is 4.87. The van der Waals surface area contributed by atoms with Crippen molar-refractivity contribution < 1.29 is 4.79 Å². The first-order valence-electron chi connectivity index (χ1n) is 7.32. The number of primary amides is 1. The summed E-state index contributed by atoms with van der Waals surface area (Å²) >= 11 is 0. The van der Waals surface area contributed by atoms with Gasteiger partial charge < -0.3 is 16.4 Å². The van der Waals surface area contributed by atoms with E-state index in [2.05, 4.69) is 10.6 Å². The van der Waals surface area contributed by atoms with E-state index in [1.165, 1.54) is 38.5 Å². The summed E-state index contributed by atoms with van der Waals surface area (Å²) in [6.45, 7) is 4.93. The summed E-state index contributed by atoms with van der Waals surface area (Å²) < 4.78 is 0. The molecule has 0 aromatic heterocycles. The molecule has 3 unspecified atom stereocenters. The molecule has 1 aliphatic carbocycles. The van der Waals surface area contributed by atoms with Crippen LogP contribution < -0.4 is 16.4 Å². The van der Waals surface area contributed by atoms with Gasteiger partial charge in [-0.25, -0.2) is 0 Å². The molecule has 4 nitrogen and oxygen atoms in total. The molecule has 0 aromatic carbocycles. The summed E-state index contributed by atoms with van der Waals surface area (Å²) in [5, 5.41) is 7.12. The topological polar surface area (TPSA) is 67.2 Å². The quantitative estimate of drug-likeness (QED) is 0.704. The van der Waals surface area contributed by atoms with Crippen LogP contribution >= 0.6 is 0 Å². The van der Waals surface area contributed by atoms with Crippen molar-refractivity contribution in [3.63, 3.8) is 0 Å². The zero-order valence-electron chi connectivity index (χ0n) is 11.7. The molecule has 2 aliphatic rings. The fourth-order valence-electron chi connectivity index (χ4n) is 3.43. The van der Waals surface area contributed by atoms with E-state index in [1.54, 1.807) is 0 Å². The van der Waals surface area contributed by atoms with Crippen LogP contribution in [0.25, 0.3) is 0 Å². The van der Waals surface area contributed by atoms with E-state index in [0.29, 0.717) is 18.0 Å². The van der Waals surface area contributed by atoms with Gasteiger partial charge in [-0.2, -0.15) is 0 Å². The zero-order valence-corrected chi connectivity index (χ0v) is 11.7. The van der Waals surface area contributed by atoms with Crippen molar-refractivity contribution >= 4 is 5.91 Å². The Morgan fingerprint density at radius 3 is 2.56 bits per heavy atom. The predicted molar refractivity (Wildman–Crippen MR) is 73.2 cm³/mol. The van der Waals surface area contributed by atoms with Crippen LogP contribution in [-0.4, -0.2) is 30.1 Å². The van der Waals surface area contributed by atoms with Crippen LogP contribution in [0.2, 0.25) is 0 Å². The first-order chi connectivity index (χ1) is 8.50. The molecular formula is C14H27N3O. The molecule has 0 bridgehead atoms. The van der Waals surface area contributed by atoms with Crippen molar-refractivity contribution in [2.24, 2.45) is 11.7 Å². The second-order valence-electron chi connectivity index (χ2n) is 6.39. The lowest BCUT2D eigenvalue weighted by atomic mass is 9.78.